The summed E-state index contributed by atoms with van der Waals surface area (Å²) in [5.41, 5.74) is 11.3. The summed E-state index contributed by atoms with van der Waals surface area (Å²) in [5.74, 6) is 0.832. The van der Waals surface area contributed by atoms with Crippen LogP contribution in [0.15, 0.2) is 40.9 Å². The Morgan fingerprint density at radius 1 is 1.10 bits per heavy atom. The van der Waals surface area contributed by atoms with E-state index in [-0.39, 0.29) is 6.04 Å². The second-order valence-electron chi connectivity index (χ2n) is 5.12. The second-order valence-corrected chi connectivity index (χ2v) is 5.97. The first kappa shape index (κ1) is 15.1. The summed E-state index contributed by atoms with van der Waals surface area (Å²) in [4.78, 5) is 0. The molecule has 0 spiro atoms. The average Bonchev–Trinajstić information content (AvgIpc) is 2.42. The van der Waals surface area contributed by atoms with Gasteiger partial charge in [0.05, 0.1) is 7.11 Å². The van der Waals surface area contributed by atoms with E-state index in [0.29, 0.717) is 0 Å². The molecule has 1 atom stereocenters. The minimum absolute atomic E-state index is 0.0302. The molecule has 0 aromatic heterocycles. The van der Waals surface area contributed by atoms with Gasteiger partial charge in [-0.2, -0.15) is 0 Å². The van der Waals surface area contributed by atoms with Crippen LogP contribution in [0.2, 0.25) is 0 Å². The summed E-state index contributed by atoms with van der Waals surface area (Å²) in [6.07, 6.45) is 0.825. The van der Waals surface area contributed by atoms with E-state index in [1.165, 1.54) is 16.7 Å². The molecule has 0 radical (unpaired) electrons. The predicted octanol–water partition coefficient (Wildman–Crippen LogP) is 4.32. The van der Waals surface area contributed by atoms with Crippen molar-refractivity contribution >= 4 is 15.9 Å². The Labute approximate surface area is 129 Å². The van der Waals surface area contributed by atoms with Crippen LogP contribution < -0.4 is 10.5 Å². The number of benzene rings is 2. The number of halogens is 1. The van der Waals surface area contributed by atoms with Crippen molar-refractivity contribution in [3.8, 4) is 5.75 Å². The Morgan fingerprint density at radius 2 is 1.85 bits per heavy atom. The Kier molecular flexibility index (Phi) is 4.84. The highest BCUT2D eigenvalue weighted by molar-refractivity contribution is 9.10. The molecule has 1 unspecified atom stereocenters. The number of aryl methyl sites for hydroxylation is 2. The summed E-state index contributed by atoms with van der Waals surface area (Å²) in [5, 5.41) is 0. The molecule has 0 aliphatic heterocycles. The number of nitrogens with two attached hydrogens (primary N) is 1. The van der Waals surface area contributed by atoms with Crippen molar-refractivity contribution in [1.29, 1.82) is 0 Å². The van der Waals surface area contributed by atoms with E-state index in [1.807, 2.05) is 18.2 Å². The normalized spacial score (nSPS) is 12.2. The summed E-state index contributed by atoms with van der Waals surface area (Å²) in [7, 11) is 1.66. The van der Waals surface area contributed by atoms with Gasteiger partial charge in [0.1, 0.15) is 5.75 Å². The molecule has 2 aromatic carbocycles. The molecule has 0 amide bonds. The summed E-state index contributed by atoms with van der Waals surface area (Å²) in [6, 6.07) is 12.4. The van der Waals surface area contributed by atoms with Crippen molar-refractivity contribution in [1.82, 2.24) is 0 Å². The molecule has 106 valence electrons. The van der Waals surface area contributed by atoms with Crippen LogP contribution in [0.3, 0.4) is 0 Å². The first-order valence-corrected chi connectivity index (χ1v) is 7.45. The summed E-state index contributed by atoms with van der Waals surface area (Å²) >= 11 is 3.57. The molecule has 0 aliphatic carbocycles. The second kappa shape index (κ2) is 6.42. The predicted molar refractivity (Wildman–Crippen MR) is 87.2 cm³/mol. The molecule has 2 aromatic rings. The maximum absolute atomic E-state index is 6.34. The maximum atomic E-state index is 6.34. The van der Waals surface area contributed by atoms with Crippen molar-refractivity contribution in [3.05, 3.63) is 63.1 Å². The molecule has 0 saturated carbocycles. The molecule has 2 rings (SSSR count). The minimum Gasteiger partial charge on any atom is -0.497 e. The van der Waals surface area contributed by atoms with Gasteiger partial charge >= 0.3 is 0 Å². The van der Waals surface area contributed by atoms with Crippen molar-refractivity contribution in [3.63, 3.8) is 0 Å². The highest BCUT2D eigenvalue weighted by Gasteiger charge is 2.12. The lowest BCUT2D eigenvalue weighted by atomic mass is 9.97. The monoisotopic (exact) mass is 333 g/mol. The topological polar surface area (TPSA) is 35.2 Å². The number of rotatable bonds is 4. The Hall–Kier alpha value is -1.32. The fourth-order valence-corrected chi connectivity index (χ4v) is 2.88. The number of methoxy groups -OCH3 is 1. The van der Waals surface area contributed by atoms with Crippen LogP contribution in [0.1, 0.15) is 28.3 Å². The van der Waals surface area contributed by atoms with Gasteiger partial charge in [-0.05, 0) is 54.7 Å². The van der Waals surface area contributed by atoms with E-state index in [4.69, 9.17) is 10.5 Å². The zero-order valence-electron chi connectivity index (χ0n) is 12.1. The molecule has 0 fully saturated rings. The van der Waals surface area contributed by atoms with E-state index in [2.05, 4.69) is 48.0 Å². The van der Waals surface area contributed by atoms with Gasteiger partial charge < -0.3 is 10.5 Å². The van der Waals surface area contributed by atoms with Crippen molar-refractivity contribution in [2.45, 2.75) is 26.3 Å². The van der Waals surface area contributed by atoms with Crippen molar-refractivity contribution in [2.24, 2.45) is 5.73 Å². The van der Waals surface area contributed by atoms with Gasteiger partial charge in [-0.15, -0.1) is 0 Å². The number of hydrogen-bond acceptors (Lipinski definition) is 2. The maximum Gasteiger partial charge on any atom is 0.120 e. The van der Waals surface area contributed by atoms with Crippen molar-refractivity contribution < 1.29 is 4.74 Å². The van der Waals surface area contributed by atoms with Gasteiger partial charge in [-0.3, -0.25) is 0 Å². The van der Waals surface area contributed by atoms with E-state index in [9.17, 15) is 0 Å². The van der Waals surface area contributed by atoms with Crippen LogP contribution in [0.5, 0.6) is 5.75 Å². The Morgan fingerprint density at radius 3 is 2.45 bits per heavy atom. The van der Waals surface area contributed by atoms with E-state index in [1.54, 1.807) is 7.11 Å². The highest BCUT2D eigenvalue weighted by Crippen LogP contribution is 2.28. The third-order valence-electron chi connectivity index (χ3n) is 3.63. The minimum atomic E-state index is -0.0302. The summed E-state index contributed by atoms with van der Waals surface area (Å²) in [6.45, 7) is 4.26. The molecule has 0 saturated heterocycles. The van der Waals surface area contributed by atoms with Gasteiger partial charge in [0.15, 0.2) is 0 Å². The largest absolute Gasteiger partial charge is 0.497 e. The van der Waals surface area contributed by atoms with Crippen molar-refractivity contribution in [2.75, 3.05) is 7.11 Å². The first-order chi connectivity index (χ1) is 9.51. The zero-order valence-corrected chi connectivity index (χ0v) is 13.7. The Bertz CT molecular complexity index is 610. The van der Waals surface area contributed by atoms with Gasteiger partial charge in [0, 0.05) is 10.5 Å². The van der Waals surface area contributed by atoms with Crippen LogP contribution in [0.25, 0.3) is 0 Å². The fourth-order valence-electron chi connectivity index (χ4n) is 2.23. The molecular weight excluding hydrogens is 314 g/mol. The van der Waals surface area contributed by atoms with E-state index in [0.717, 1.165) is 22.2 Å². The third kappa shape index (κ3) is 3.41. The van der Waals surface area contributed by atoms with Crippen LogP contribution in [-0.4, -0.2) is 7.11 Å². The lowest BCUT2D eigenvalue weighted by molar-refractivity contribution is 0.414. The SMILES string of the molecule is COc1ccc(C(N)Cc2ccc(C)c(C)c2)c(Br)c1. The van der Waals surface area contributed by atoms with Gasteiger partial charge in [0.25, 0.3) is 0 Å². The first-order valence-electron chi connectivity index (χ1n) is 6.66. The quantitative estimate of drug-likeness (QED) is 0.904. The van der Waals surface area contributed by atoms with Gasteiger partial charge in [-0.25, -0.2) is 0 Å². The molecular formula is C17H20BrNO. The van der Waals surface area contributed by atoms with Gasteiger partial charge in [-0.1, -0.05) is 40.2 Å². The standard InChI is InChI=1S/C17H20BrNO/c1-11-4-5-13(8-12(11)2)9-17(19)15-7-6-14(20-3)10-16(15)18/h4-8,10,17H,9,19H2,1-3H3. The third-order valence-corrected chi connectivity index (χ3v) is 4.32. The fraction of sp³-hybridized carbons (Fsp3) is 0.294. The van der Waals surface area contributed by atoms with Crippen LogP contribution >= 0.6 is 15.9 Å². The van der Waals surface area contributed by atoms with Crippen LogP contribution in [0.4, 0.5) is 0 Å². The average molecular weight is 334 g/mol. The Balaban J connectivity index is 2.19. The molecule has 3 heteroatoms. The molecule has 2 nitrogen and oxygen atoms in total. The van der Waals surface area contributed by atoms with E-state index < -0.39 is 0 Å². The van der Waals surface area contributed by atoms with Crippen LogP contribution in [-0.2, 0) is 6.42 Å². The van der Waals surface area contributed by atoms with Gasteiger partial charge in [0.2, 0.25) is 0 Å². The highest BCUT2D eigenvalue weighted by atomic mass is 79.9. The molecule has 0 heterocycles. The smallest absolute Gasteiger partial charge is 0.120 e. The lowest BCUT2D eigenvalue weighted by Gasteiger charge is -2.15. The lowest BCUT2D eigenvalue weighted by Crippen LogP contribution is -2.14. The van der Waals surface area contributed by atoms with Crippen LogP contribution in [0, 0.1) is 13.8 Å². The number of ether oxygens (including phenoxy) is 1. The zero-order chi connectivity index (χ0) is 14.7. The molecule has 0 bridgehead atoms. The number of hydrogen-bond donors (Lipinski definition) is 1. The molecule has 20 heavy (non-hydrogen) atoms. The summed E-state index contributed by atoms with van der Waals surface area (Å²) < 4.78 is 6.20. The molecule has 2 N–H and O–H groups in total. The van der Waals surface area contributed by atoms with E-state index >= 15 is 0 Å². The molecule has 0 aliphatic rings.